The Hall–Kier alpha value is -1.95. The minimum Gasteiger partial charge on any atom is -0.508 e. The number of aryl methyl sites for hydroxylation is 1. The summed E-state index contributed by atoms with van der Waals surface area (Å²) in [5, 5.41) is 28.9. The van der Waals surface area contributed by atoms with Gasteiger partial charge in [-0.15, -0.1) is 21.6 Å². The summed E-state index contributed by atoms with van der Waals surface area (Å²) in [6, 6.07) is 2.80. The van der Waals surface area contributed by atoms with Crippen molar-refractivity contribution >= 4 is 22.2 Å². The van der Waals surface area contributed by atoms with Crippen LogP contribution >= 0.6 is 11.3 Å². The second kappa shape index (κ2) is 4.28. The number of aromatic nitrogens is 1. The Morgan fingerprint density at radius 2 is 2.00 bits per heavy atom. The zero-order chi connectivity index (χ0) is 11.5. The molecule has 0 aliphatic carbocycles. The fourth-order valence-corrected chi connectivity index (χ4v) is 1.57. The van der Waals surface area contributed by atoms with E-state index < -0.39 is 0 Å². The molecule has 6 heteroatoms. The Morgan fingerprint density at radius 1 is 1.19 bits per heavy atom. The second-order valence-electron chi connectivity index (χ2n) is 3.14. The molecule has 1 heterocycles. The van der Waals surface area contributed by atoms with Crippen LogP contribution in [0.4, 0.5) is 10.8 Å². The predicted octanol–water partition coefficient (Wildman–Crippen LogP) is 3.28. The van der Waals surface area contributed by atoms with Crippen LogP contribution in [-0.2, 0) is 0 Å². The fourth-order valence-electron chi connectivity index (χ4n) is 1.11. The number of azo groups is 1. The van der Waals surface area contributed by atoms with Crippen molar-refractivity contribution in [1.82, 2.24) is 4.98 Å². The van der Waals surface area contributed by atoms with Gasteiger partial charge in [-0.05, 0) is 18.6 Å². The molecule has 0 spiro atoms. The maximum atomic E-state index is 9.51. The summed E-state index contributed by atoms with van der Waals surface area (Å²) in [5.41, 5.74) is 0.941. The quantitative estimate of drug-likeness (QED) is 0.784. The summed E-state index contributed by atoms with van der Waals surface area (Å²) >= 11 is 1.35. The lowest BCUT2D eigenvalue weighted by Gasteiger charge is -2.01. The number of phenolic OH excluding ortho intramolecular Hbond substituents is 2. The van der Waals surface area contributed by atoms with Crippen LogP contribution in [0.1, 0.15) is 5.56 Å². The highest BCUT2D eigenvalue weighted by Gasteiger charge is 2.05. The Balaban J connectivity index is 2.31. The highest BCUT2D eigenvalue weighted by molar-refractivity contribution is 7.13. The lowest BCUT2D eigenvalue weighted by Crippen LogP contribution is -1.75. The molecule has 5 nitrogen and oxygen atoms in total. The first-order chi connectivity index (χ1) is 7.66. The fraction of sp³-hybridized carbons (Fsp3) is 0.100. The van der Waals surface area contributed by atoms with Crippen LogP contribution in [0.25, 0.3) is 0 Å². The van der Waals surface area contributed by atoms with Gasteiger partial charge in [0.2, 0.25) is 5.13 Å². The summed E-state index contributed by atoms with van der Waals surface area (Å²) in [7, 11) is 0. The van der Waals surface area contributed by atoms with Crippen molar-refractivity contribution in [2.75, 3.05) is 0 Å². The minimum atomic E-state index is -0.108. The van der Waals surface area contributed by atoms with Gasteiger partial charge >= 0.3 is 0 Å². The van der Waals surface area contributed by atoms with Crippen LogP contribution in [-0.4, -0.2) is 15.2 Å². The van der Waals surface area contributed by atoms with E-state index in [2.05, 4.69) is 15.2 Å². The number of benzene rings is 1. The van der Waals surface area contributed by atoms with E-state index in [4.69, 9.17) is 0 Å². The third kappa shape index (κ3) is 2.17. The van der Waals surface area contributed by atoms with Crippen LogP contribution in [0, 0.1) is 6.92 Å². The number of rotatable bonds is 2. The molecule has 2 rings (SSSR count). The van der Waals surface area contributed by atoms with Gasteiger partial charge in [0.15, 0.2) is 0 Å². The molecule has 0 saturated carbocycles. The monoisotopic (exact) mass is 235 g/mol. The van der Waals surface area contributed by atoms with Gasteiger partial charge in [-0.1, -0.05) is 0 Å². The lowest BCUT2D eigenvalue weighted by atomic mass is 10.2. The molecule has 1 aromatic heterocycles. The number of nitrogens with zero attached hydrogens (tertiary/aromatic N) is 3. The minimum absolute atomic E-state index is 0.0331. The smallest absolute Gasteiger partial charge is 0.229 e. The van der Waals surface area contributed by atoms with Crippen molar-refractivity contribution in [3.63, 3.8) is 0 Å². The van der Waals surface area contributed by atoms with E-state index in [1.165, 1.54) is 17.4 Å². The van der Waals surface area contributed by atoms with Crippen molar-refractivity contribution in [1.29, 1.82) is 0 Å². The van der Waals surface area contributed by atoms with Gasteiger partial charge in [0.25, 0.3) is 0 Å². The molecule has 0 saturated heterocycles. The van der Waals surface area contributed by atoms with Crippen molar-refractivity contribution in [2.24, 2.45) is 10.2 Å². The zero-order valence-electron chi connectivity index (χ0n) is 8.45. The maximum absolute atomic E-state index is 9.51. The first kappa shape index (κ1) is 10.6. The maximum Gasteiger partial charge on any atom is 0.229 e. The van der Waals surface area contributed by atoms with Gasteiger partial charge in [0.1, 0.15) is 17.2 Å². The molecular weight excluding hydrogens is 226 g/mol. The topological polar surface area (TPSA) is 78.1 Å². The van der Waals surface area contributed by atoms with Gasteiger partial charge in [-0.25, -0.2) is 4.98 Å². The third-order valence-corrected chi connectivity index (χ3v) is 2.61. The van der Waals surface area contributed by atoms with Crippen LogP contribution in [0.2, 0.25) is 0 Å². The summed E-state index contributed by atoms with van der Waals surface area (Å²) in [6.07, 6.45) is 1.63. The van der Waals surface area contributed by atoms with Gasteiger partial charge < -0.3 is 10.2 Å². The first-order valence-electron chi connectivity index (χ1n) is 4.50. The Morgan fingerprint density at radius 3 is 2.69 bits per heavy atom. The molecule has 0 unspecified atom stereocenters. The number of thiazole rings is 1. The number of phenols is 2. The van der Waals surface area contributed by atoms with E-state index in [0.717, 1.165) is 0 Å². The first-order valence-corrected chi connectivity index (χ1v) is 5.38. The molecule has 0 amide bonds. The van der Waals surface area contributed by atoms with Crippen LogP contribution < -0.4 is 0 Å². The van der Waals surface area contributed by atoms with Crippen LogP contribution in [0.3, 0.4) is 0 Å². The normalized spacial score (nSPS) is 11.1. The van der Waals surface area contributed by atoms with Crippen molar-refractivity contribution in [3.05, 3.63) is 29.3 Å². The molecule has 0 atom stereocenters. The highest BCUT2D eigenvalue weighted by atomic mass is 32.1. The molecule has 0 bridgehead atoms. The predicted molar refractivity (Wildman–Crippen MR) is 60.8 cm³/mol. The average Bonchev–Trinajstić information content (AvgIpc) is 2.74. The van der Waals surface area contributed by atoms with E-state index >= 15 is 0 Å². The van der Waals surface area contributed by atoms with Gasteiger partial charge in [0, 0.05) is 17.6 Å². The molecule has 0 aliphatic rings. The highest BCUT2D eigenvalue weighted by Crippen LogP contribution is 2.34. The second-order valence-corrected chi connectivity index (χ2v) is 4.02. The third-order valence-electron chi connectivity index (χ3n) is 1.96. The van der Waals surface area contributed by atoms with E-state index in [-0.39, 0.29) is 11.5 Å². The molecule has 16 heavy (non-hydrogen) atoms. The molecule has 2 N–H and O–H groups in total. The van der Waals surface area contributed by atoms with Crippen LogP contribution in [0.15, 0.2) is 33.9 Å². The standard InChI is InChI=1S/C10H9N3O2S/c1-6-4-7(9(15)5-8(6)14)12-13-10-11-2-3-16-10/h2-5,14-15H,1H3/b13-12+. The summed E-state index contributed by atoms with van der Waals surface area (Å²) in [5.74, 6) is -0.0749. The SMILES string of the molecule is Cc1cc(/N=N/c2nccs2)c(O)cc1O. The Bertz CT molecular complexity index is 523. The number of aromatic hydroxyl groups is 2. The largest absolute Gasteiger partial charge is 0.508 e. The molecule has 82 valence electrons. The Labute approximate surface area is 95.7 Å². The average molecular weight is 235 g/mol. The van der Waals surface area contributed by atoms with Gasteiger partial charge in [0.05, 0.1) is 0 Å². The Kier molecular flexibility index (Phi) is 2.82. The molecule has 0 aliphatic heterocycles. The summed E-state index contributed by atoms with van der Waals surface area (Å²) < 4.78 is 0. The van der Waals surface area contributed by atoms with E-state index in [0.29, 0.717) is 16.4 Å². The molecular formula is C10H9N3O2S. The number of hydrogen-bond acceptors (Lipinski definition) is 6. The zero-order valence-corrected chi connectivity index (χ0v) is 9.27. The van der Waals surface area contributed by atoms with Crippen molar-refractivity contribution < 1.29 is 10.2 Å². The van der Waals surface area contributed by atoms with E-state index in [9.17, 15) is 10.2 Å². The van der Waals surface area contributed by atoms with Crippen molar-refractivity contribution in [3.8, 4) is 11.5 Å². The van der Waals surface area contributed by atoms with Crippen molar-refractivity contribution in [2.45, 2.75) is 6.92 Å². The molecule has 2 aromatic rings. The van der Waals surface area contributed by atoms with Gasteiger partial charge in [-0.2, -0.15) is 0 Å². The van der Waals surface area contributed by atoms with E-state index in [1.54, 1.807) is 24.6 Å². The molecule has 0 radical (unpaired) electrons. The van der Waals surface area contributed by atoms with Crippen LogP contribution in [0.5, 0.6) is 11.5 Å². The van der Waals surface area contributed by atoms with Gasteiger partial charge in [-0.3, -0.25) is 0 Å². The lowest BCUT2D eigenvalue weighted by molar-refractivity contribution is 0.448. The summed E-state index contributed by atoms with van der Waals surface area (Å²) in [6.45, 7) is 1.72. The molecule has 1 aromatic carbocycles. The number of hydrogen-bond donors (Lipinski definition) is 2. The molecule has 0 fully saturated rings. The van der Waals surface area contributed by atoms with E-state index in [1.807, 2.05) is 0 Å². The summed E-state index contributed by atoms with van der Waals surface area (Å²) in [4.78, 5) is 3.93.